The Kier molecular flexibility index (Phi) is 5.22. The van der Waals surface area contributed by atoms with Crippen LogP contribution in [0.1, 0.15) is 30.4 Å². The summed E-state index contributed by atoms with van der Waals surface area (Å²) in [4.78, 5) is 0. The van der Waals surface area contributed by atoms with E-state index in [0.717, 1.165) is 16.6 Å². The van der Waals surface area contributed by atoms with Crippen LogP contribution in [-0.2, 0) is 0 Å². The Bertz CT molecular complexity index is 2010. The summed E-state index contributed by atoms with van der Waals surface area (Å²) >= 11 is 0. The molecule has 40 heavy (non-hydrogen) atoms. The summed E-state index contributed by atoms with van der Waals surface area (Å²) in [7, 11) is 0. The summed E-state index contributed by atoms with van der Waals surface area (Å²) in [5.74, 6) is 1.09. The van der Waals surface area contributed by atoms with Crippen molar-refractivity contribution in [3.63, 3.8) is 0 Å². The fourth-order valence-electron chi connectivity index (χ4n) is 7.64. The topological polar surface area (TPSA) is 26.0 Å². The van der Waals surface area contributed by atoms with Crippen LogP contribution >= 0.6 is 0 Å². The first kappa shape index (κ1) is 23.3. The molecule has 2 unspecified atom stereocenters. The molecule has 2 bridgehead atoms. The van der Waals surface area contributed by atoms with Crippen LogP contribution in [0.2, 0.25) is 0 Å². The molecule has 0 saturated heterocycles. The second-order valence-electron chi connectivity index (χ2n) is 11.5. The van der Waals surface area contributed by atoms with Gasteiger partial charge in [-0.25, -0.2) is 0 Å². The Balaban J connectivity index is 1.43. The largest absolute Gasteiger partial charge is 0.398 e. The number of hydrogen-bond donors (Lipinski definition) is 1. The molecule has 192 valence electrons. The van der Waals surface area contributed by atoms with E-state index in [1.807, 2.05) is 0 Å². The summed E-state index contributed by atoms with van der Waals surface area (Å²) < 4.78 is 0. The quantitative estimate of drug-likeness (QED) is 0.184. The van der Waals surface area contributed by atoms with Crippen LogP contribution in [0.15, 0.2) is 127 Å². The van der Waals surface area contributed by atoms with Crippen molar-refractivity contribution in [1.29, 1.82) is 0 Å². The summed E-state index contributed by atoms with van der Waals surface area (Å²) in [6.45, 7) is 4.66. The maximum absolute atomic E-state index is 7.16. The highest BCUT2D eigenvalue weighted by Crippen LogP contribution is 2.58. The number of hydrogen-bond acceptors (Lipinski definition) is 1. The van der Waals surface area contributed by atoms with Crippen LogP contribution in [0, 0.1) is 11.8 Å². The van der Waals surface area contributed by atoms with Gasteiger partial charge in [0, 0.05) is 16.6 Å². The zero-order chi connectivity index (χ0) is 26.8. The molecule has 2 N–H and O–H groups in total. The minimum absolute atomic E-state index is 0.532. The minimum atomic E-state index is 0.532. The standard InChI is InChI=1S/C39H31N/c1-24(25-10-3-2-4-11-25)36-28-18-19-29(22-28)37(36)38-33-21-20-27(31-17-9-13-26-12-5-6-14-30(26)31)23-35(33)32-15-7-8-16-34(32)39(38)40/h2-17,20-21,23,28-29H,1,18-19,22,40H2. The van der Waals surface area contributed by atoms with Crippen LogP contribution in [0.5, 0.6) is 0 Å². The monoisotopic (exact) mass is 513 g/mol. The van der Waals surface area contributed by atoms with Crippen molar-refractivity contribution >= 4 is 49.2 Å². The van der Waals surface area contributed by atoms with Gasteiger partial charge in [0.2, 0.25) is 0 Å². The van der Waals surface area contributed by atoms with Gasteiger partial charge in [0.1, 0.15) is 0 Å². The summed E-state index contributed by atoms with van der Waals surface area (Å²) in [5.41, 5.74) is 17.0. The highest BCUT2D eigenvalue weighted by molar-refractivity contribution is 6.20. The lowest BCUT2D eigenvalue weighted by atomic mass is 9.79. The van der Waals surface area contributed by atoms with Gasteiger partial charge in [-0.2, -0.15) is 0 Å². The molecule has 2 atom stereocenters. The molecule has 0 aromatic heterocycles. The average molecular weight is 514 g/mol. The molecule has 0 radical (unpaired) electrons. The average Bonchev–Trinajstić information content (AvgIpc) is 3.63. The second kappa shape index (κ2) is 8.96. The van der Waals surface area contributed by atoms with Gasteiger partial charge in [-0.05, 0) is 97.5 Å². The van der Waals surface area contributed by atoms with Gasteiger partial charge in [0.15, 0.2) is 0 Å². The van der Waals surface area contributed by atoms with Crippen molar-refractivity contribution in [3.8, 4) is 11.1 Å². The minimum Gasteiger partial charge on any atom is -0.398 e. The molecule has 6 aromatic rings. The lowest BCUT2D eigenvalue weighted by Crippen LogP contribution is -2.08. The van der Waals surface area contributed by atoms with Crippen molar-refractivity contribution in [2.45, 2.75) is 19.3 Å². The first-order chi connectivity index (χ1) is 19.7. The number of nitrogen functional groups attached to an aromatic ring is 1. The predicted octanol–water partition coefficient (Wildman–Crippen LogP) is 10.3. The van der Waals surface area contributed by atoms with Gasteiger partial charge >= 0.3 is 0 Å². The van der Waals surface area contributed by atoms with Crippen molar-refractivity contribution in [2.24, 2.45) is 11.8 Å². The third kappa shape index (κ3) is 3.41. The third-order valence-corrected chi connectivity index (χ3v) is 9.42. The van der Waals surface area contributed by atoms with Gasteiger partial charge in [-0.1, -0.05) is 116 Å². The Hall–Kier alpha value is -4.62. The van der Waals surface area contributed by atoms with E-state index in [1.54, 1.807) is 0 Å². The van der Waals surface area contributed by atoms with E-state index < -0.39 is 0 Å². The molecule has 1 heteroatoms. The Labute approximate surface area is 235 Å². The van der Waals surface area contributed by atoms with Gasteiger partial charge in [-0.15, -0.1) is 0 Å². The van der Waals surface area contributed by atoms with Crippen LogP contribution in [-0.4, -0.2) is 0 Å². The van der Waals surface area contributed by atoms with Crippen LogP contribution in [0.4, 0.5) is 5.69 Å². The van der Waals surface area contributed by atoms with Crippen molar-refractivity contribution < 1.29 is 0 Å². The predicted molar refractivity (Wildman–Crippen MR) is 172 cm³/mol. The van der Waals surface area contributed by atoms with Crippen LogP contribution < -0.4 is 5.73 Å². The Morgan fingerprint density at radius 2 is 1.32 bits per heavy atom. The number of allylic oxidation sites excluding steroid dienone is 3. The molecule has 0 amide bonds. The number of anilines is 1. The highest BCUT2D eigenvalue weighted by atomic mass is 14.6. The number of nitrogens with two attached hydrogens (primary N) is 1. The fourth-order valence-corrected chi connectivity index (χ4v) is 7.64. The van der Waals surface area contributed by atoms with Gasteiger partial charge in [0.25, 0.3) is 0 Å². The second-order valence-corrected chi connectivity index (χ2v) is 11.5. The normalized spacial score (nSPS) is 18.3. The van der Waals surface area contributed by atoms with Gasteiger partial charge in [0.05, 0.1) is 0 Å². The molecular weight excluding hydrogens is 482 g/mol. The molecule has 0 aliphatic heterocycles. The molecule has 1 saturated carbocycles. The van der Waals surface area contributed by atoms with E-state index in [4.69, 9.17) is 5.73 Å². The number of benzene rings is 6. The first-order valence-corrected chi connectivity index (χ1v) is 14.4. The zero-order valence-electron chi connectivity index (χ0n) is 22.5. The van der Waals surface area contributed by atoms with E-state index in [9.17, 15) is 0 Å². The Morgan fingerprint density at radius 1 is 0.625 bits per heavy atom. The summed E-state index contributed by atoms with van der Waals surface area (Å²) in [6.07, 6.45) is 3.68. The fraction of sp³-hybridized carbons (Fsp3) is 0.128. The van der Waals surface area contributed by atoms with Crippen molar-refractivity contribution in [3.05, 3.63) is 139 Å². The summed E-state index contributed by atoms with van der Waals surface area (Å²) in [6, 6.07) is 41.6. The zero-order valence-corrected chi connectivity index (χ0v) is 22.5. The van der Waals surface area contributed by atoms with Crippen molar-refractivity contribution in [1.82, 2.24) is 0 Å². The van der Waals surface area contributed by atoms with E-state index in [0.29, 0.717) is 11.8 Å². The van der Waals surface area contributed by atoms with Crippen LogP contribution in [0.25, 0.3) is 54.6 Å². The molecule has 2 aliphatic carbocycles. The van der Waals surface area contributed by atoms with Gasteiger partial charge in [-0.3, -0.25) is 0 Å². The molecule has 1 fully saturated rings. The highest BCUT2D eigenvalue weighted by Gasteiger charge is 2.41. The number of rotatable bonds is 4. The molecule has 0 heterocycles. The van der Waals surface area contributed by atoms with E-state index in [2.05, 4.69) is 122 Å². The third-order valence-electron chi connectivity index (χ3n) is 9.42. The molecule has 6 aromatic carbocycles. The lowest BCUT2D eigenvalue weighted by Gasteiger charge is -2.25. The molecular formula is C39H31N. The first-order valence-electron chi connectivity index (χ1n) is 14.4. The molecule has 2 aliphatic rings. The van der Waals surface area contributed by atoms with Crippen molar-refractivity contribution in [2.75, 3.05) is 5.73 Å². The smallest absolute Gasteiger partial charge is 0.0476 e. The molecule has 8 rings (SSSR count). The lowest BCUT2D eigenvalue weighted by molar-refractivity contribution is 0.675. The van der Waals surface area contributed by atoms with Crippen LogP contribution in [0.3, 0.4) is 0 Å². The Morgan fingerprint density at radius 3 is 2.17 bits per heavy atom. The maximum Gasteiger partial charge on any atom is 0.0476 e. The summed E-state index contributed by atoms with van der Waals surface area (Å²) in [5, 5.41) is 7.42. The van der Waals surface area contributed by atoms with E-state index >= 15 is 0 Å². The van der Waals surface area contributed by atoms with Gasteiger partial charge < -0.3 is 5.73 Å². The maximum atomic E-state index is 7.16. The SMILES string of the molecule is C=C(C1=C(c2c(N)c3ccccc3c3cc(-c4cccc5ccccc45)ccc23)C2CCC1C2)c1ccccc1. The van der Waals surface area contributed by atoms with E-state index in [1.165, 1.54) is 79.6 Å². The number of fused-ring (bicyclic) bond motifs is 6. The molecule has 0 spiro atoms. The molecule has 1 nitrogen and oxygen atoms in total. The van der Waals surface area contributed by atoms with E-state index in [-0.39, 0.29) is 0 Å².